The fourth-order valence-electron chi connectivity index (χ4n) is 1.30. The van der Waals surface area contributed by atoms with Gasteiger partial charge in [0.15, 0.2) is 0 Å². The fourth-order valence-corrected chi connectivity index (χ4v) is 1.94. The van der Waals surface area contributed by atoms with Gasteiger partial charge < -0.3 is 10.5 Å². The Labute approximate surface area is 116 Å². The zero-order valence-corrected chi connectivity index (χ0v) is 10.9. The number of hydrogen-bond acceptors (Lipinski definition) is 5. The summed E-state index contributed by atoms with van der Waals surface area (Å²) in [5, 5.41) is 0. The first kappa shape index (κ1) is 17.2. The van der Waals surface area contributed by atoms with Gasteiger partial charge in [0.2, 0.25) is 6.10 Å². The molecule has 0 bridgehead atoms. The van der Waals surface area contributed by atoms with Crippen LogP contribution in [0.25, 0.3) is 0 Å². The van der Waals surface area contributed by atoms with Crippen molar-refractivity contribution >= 4 is 21.8 Å². The molecule has 3 N–H and O–H groups in total. The van der Waals surface area contributed by atoms with Crippen molar-refractivity contribution in [2.45, 2.75) is 12.3 Å². The number of hydrogen-bond donors (Lipinski definition) is 2. The normalized spacial score (nSPS) is 13.8. The van der Waals surface area contributed by atoms with Crippen molar-refractivity contribution in [3.8, 4) is 0 Å². The van der Waals surface area contributed by atoms with Gasteiger partial charge in [0.05, 0.1) is 5.56 Å². The molecule has 0 spiro atoms. The number of carbonyl (C=O) groups is 1. The van der Waals surface area contributed by atoms with Gasteiger partial charge in [-0.05, 0) is 18.2 Å². The van der Waals surface area contributed by atoms with E-state index in [9.17, 15) is 30.8 Å². The van der Waals surface area contributed by atoms with E-state index < -0.39 is 51.2 Å². The molecule has 1 unspecified atom stereocenters. The summed E-state index contributed by atoms with van der Waals surface area (Å²) in [6.45, 7) is 0. The number of esters is 1. The summed E-state index contributed by atoms with van der Waals surface area (Å²) < 4.78 is 83.8. The third-order valence-corrected chi connectivity index (χ3v) is 2.93. The zero-order chi connectivity index (χ0) is 16.4. The van der Waals surface area contributed by atoms with Crippen molar-refractivity contribution in [3.63, 3.8) is 0 Å². The number of halogens is 4. The molecule has 0 saturated carbocycles. The van der Waals surface area contributed by atoms with Crippen LogP contribution in [-0.2, 0) is 14.9 Å². The Morgan fingerprint density at radius 3 is 2.38 bits per heavy atom. The summed E-state index contributed by atoms with van der Waals surface area (Å²) in [5.74, 6) is -4.28. The first-order valence-corrected chi connectivity index (χ1v) is 6.79. The molecule has 118 valence electrons. The Kier molecular flexibility index (Phi) is 4.79. The number of alkyl halides is 3. The topological polar surface area (TPSA) is 107 Å². The monoisotopic (exact) mass is 331 g/mol. The van der Waals surface area contributed by atoms with Gasteiger partial charge in [-0.15, -0.1) is 0 Å². The van der Waals surface area contributed by atoms with Gasteiger partial charge in [-0.25, -0.2) is 9.18 Å². The van der Waals surface area contributed by atoms with E-state index in [0.29, 0.717) is 6.07 Å². The summed E-state index contributed by atoms with van der Waals surface area (Å²) in [4.78, 5) is 11.5. The van der Waals surface area contributed by atoms with E-state index in [1.807, 2.05) is 0 Å². The van der Waals surface area contributed by atoms with E-state index in [2.05, 4.69) is 4.74 Å². The van der Waals surface area contributed by atoms with E-state index in [4.69, 9.17) is 10.3 Å². The Hall–Kier alpha value is -1.88. The summed E-state index contributed by atoms with van der Waals surface area (Å²) in [5.41, 5.74) is 4.20. The lowest BCUT2D eigenvalue weighted by atomic mass is 10.2. The molecule has 0 aliphatic rings. The first-order chi connectivity index (χ1) is 9.40. The van der Waals surface area contributed by atoms with Crippen LogP contribution in [0.2, 0.25) is 0 Å². The average Bonchev–Trinajstić information content (AvgIpc) is 2.24. The molecule has 0 fully saturated rings. The minimum atomic E-state index is -5.22. The Morgan fingerprint density at radius 2 is 1.95 bits per heavy atom. The summed E-state index contributed by atoms with van der Waals surface area (Å²) >= 11 is 0. The SMILES string of the molecule is Nc1cc(F)ccc1C(=O)OC(CS(=O)(=O)O)C(F)(F)F. The maximum Gasteiger partial charge on any atom is 0.426 e. The number of benzene rings is 1. The molecule has 0 heterocycles. The third kappa shape index (κ3) is 5.19. The minimum absolute atomic E-state index is 0.479. The van der Waals surface area contributed by atoms with Crippen LogP contribution in [0.15, 0.2) is 18.2 Å². The molecule has 1 rings (SSSR count). The van der Waals surface area contributed by atoms with Crippen molar-refractivity contribution in [2.75, 3.05) is 11.5 Å². The van der Waals surface area contributed by atoms with Crippen LogP contribution < -0.4 is 5.73 Å². The van der Waals surface area contributed by atoms with Crippen LogP contribution in [0.1, 0.15) is 10.4 Å². The van der Waals surface area contributed by atoms with Gasteiger partial charge in [-0.3, -0.25) is 4.55 Å². The van der Waals surface area contributed by atoms with Crippen LogP contribution in [0.5, 0.6) is 0 Å². The van der Waals surface area contributed by atoms with Crippen molar-refractivity contribution in [1.82, 2.24) is 0 Å². The number of anilines is 1. The molecule has 0 saturated heterocycles. The van der Waals surface area contributed by atoms with E-state index in [1.54, 1.807) is 0 Å². The molecule has 0 aliphatic heterocycles. The van der Waals surface area contributed by atoms with Gasteiger partial charge in [-0.1, -0.05) is 0 Å². The second-order valence-corrected chi connectivity index (χ2v) is 5.41. The quantitative estimate of drug-likeness (QED) is 0.374. The van der Waals surface area contributed by atoms with Crippen LogP contribution >= 0.6 is 0 Å². The lowest BCUT2D eigenvalue weighted by molar-refractivity contribution is -0.197. The van der Waals surface area contributed by atoms with E-state index >= 15 is 0 Å². The fraction of sp³-hybridized carbons (Fsp3) is 0.300. The molecule has 1 aromatic rings. The summed E-state index contributed by atoms with van der Waals surface area (Å²) in [6, 6.07) is 2.23. The largest absolute Gasteiger partial charge is 0.448 e. The second-order valence-electron chi connectivity index (χ2n) is 3.92. The van der Waals surface area contributed by atoms with Crippen molar-refractivity contribution in [1.29, 1.82) is 0 Å². The standard InChI is InChI=1S/C10H9F4NO5S/c11-5-1-2-6(7(15)3-5)9(16)20-8(10(12,13)14)4-21(17,18)19/h1-3,8H,4,15H2,(H,17,18,19). The number of nitrogens with two attached hydrogens (primary N) is 1. The van der Waals surface area contributed by atoms with Gasteiger partial charge in [0.25, 0.3) is 10.1 Å². The van der Waals surface area contributed by atoms with Crippen LogP contribution in [0.3, 0.4) is 0 Å². The highest BCUT2D eigenvalue weighted by molar-refractivity contribution is 7.85. The highest BCUT2D eigenvalue weighted by Crippen LogP contribution is 2.26. The smallest absolute Gasteiger partial charge is 0.426 e. The van der Waals surface area contributed by atoms with Crippen molar-refractivity contribution < 1.29 is 40.1 Å². The molecule has 0 aromatic heterocycles. The predicted octanol–water partition coefficient (Wildman–Crippen LogP) is 1.38. The van der Waals surface area contributed by atoms with E-state index in [1.165, 1.54) is 0 Å². The maximum absolute atomic E-state index is 12.8. The molecule has 0 amide bonds. The van der Waals surface area contributed by atoms with Gasteiger partial charge in [0.1, 0.15) is 11.6 Å². The molecular weight excluding hydrogens is 322 g/mol. The highest BCUT2D eigenvalue weighted by Gasteiger charge is 2.45. The predicted molar refractivity (Wildman–Crippen MR) is 62.5 cm³/mol. The Bertz CT molecular complexity index is 643. The second kappa shape index (κ2) is 5.85. The molecule has 0 radical (unpaired) electrons. The maximum atomic E-state index is 12.8. The van der Waals surface area contributed by atoms with Gasteiger partial charge in [0, 0.05) is 5.69 Å². The van der Waals surface area contributed by atoms with Crippen LogP contribution in [0, 0.1) is 5.82 Å². The summed E-state index contributed by atoms with van der Waals surface area (Å²) in [7, 11) is -5.04. The molecule has 21 heavy (non-hydrogen) atoms. The molecule has 0 aliphatic carbocycles. The minimum Gasteiger partial charge on any atom is -0.448 e. The molecule has 1 aromatic carbocycles. The molecule has 11 heteroatoms. The van der Waals surface area contributed by atoms with E-state index in [0.717, 1.165) is 12.1 Å². The number of carbonyl (C=O) groups excluding carboxylic acids is 1. The van der Waals surface area contributed by atoms with Gasteiger partial charge in [-0.2, -0.15) is 21.6 Å². The van der Waals surface area contributed by atoms with Gasteiger partial charge >= 0.3 is 12.1 Å². The van der Waals surface area contributed by atoms with Crippen molar-refractivity contribution in [3.05, 3.63) is 29.6 Å². The highest BCUT2D eigenvalue weighted by atomic mass is 32.2. The average molecular weight is 331 g/mol. The van der Waals surface area contributed by atoms with Crippen LogP contribution in [-0.4, -0.2) is 37.0 Å². The van der Waals surface area contributed by atoms with Crippen LogP contribution in [0.4, 0.5) is 23.2 Å². The number of nitrogen functional groups attached to an aromatic ring is 1. The first-order valence-electron chi connectivity index (χ1n) is 5.18. The third-order valence-electron chi connectivity index (χ3n) is 2.21. The Balaban J connectivity index is 3.01. The summed E-state index contributed by atoms with van der Waals surface area (Å²) in [6.07, 6.45) is -8.30. The zero-order valence-electron chi connectivity index (χ0n) is 10.1. The Morgan fingerprint density at radius 1 is 1.38 bits per heavy atom. The van der Waals surface area contributed by atoms with E-state index in [-0.39, 0.29) is 0 Å². The number of ether oxygens (including phenoxy) is 1. The molecule has 6 nitrogen and oxygen atoms in total. The lowest BCUT2D eigenvalue weighted by Crippen LogP contribution is -2.39. The molecule has 1 atom stereocenters. The number of rotatable bonds is 4. The van der Waals surface area contributed by atoms with Crippen molar-refractivity contribution in [2.24, 2.45) is 0 Å². The molecular formula is C10H9F4NO5S. The lowest BCUT2D eigenvalue weighted by Gasteiger charge is -2.19.